The van der Waals surface area contributed by atoms with Crippen molar-refractivity contribution in [2.45, 2.75) is 64.4 Å². The van der Waals surface area contributed by atoms with Crippen LogP contribution >= 0.6 is 0 Å². The van der Waals surface area contributed by atoms with Crippen molar-refractivity contribution in [1.29, 1.82) is 0 Å². The molecule has 202 valence electrons. The fourth-order valence-corrected chi connectivity index (χ4v) is 6.02. The highest BCUT2D eigenvalue weighted by Gasteiger charge is 2.51. The maximum atomic E-state index is 12.7. The molecule has 1 unspecified atom stereocenters. The van der Waals surface area contributed by atoms with E-state index in [9.17, 15) is 14.7 Å². The Morgan fingerprint density at radius 2 is 1.87 bits per heavy atom. The number of hydrogen-bond donors (Lipinski definition) is 2. The van der Waals surface area contributed by atoms with Gasteiger partial charge in [0, 0.05) is 6.54 Å². The predicted octanol–water partition coefficient (Wildman–Crippen LogP) is 4.84. The van der Waals surface area contributed by atoms with Gasteiger partial charge < -0.3 is 24.8 Å². The molecule has 9 nitrogen and oxygen atoms in total. The van der Waals surface area contributed by atoms with Crippen LogP contribution in [0.5, 0.6) is 11.5 Å². The molecule has 1 aliphatic heterocycles. The number of fused-ring (bicyclic) bond motifs is 3. The van der Waals surface area contributed by atoms with Crippen LogP contribution in [0.15, 0.2) is 48.8 Å². The third-order valence-electron chi connectivity index (χ3n) is 8.36. The lowest BCUT2D eigenvalue weighted by Crippen LogP contribution is -2.45. The van der Waals surface area contributed by atoms with Crippen molar-refractivity contribution in [1.82, 2.24) is 9.97 Å². The molecule has 1 atom stereocenters. The third-order valence-corrected chi connectivity index (χ3v) is 8.36. The maximum Gasteiger partial charge on any atom is 0.309 e. The van der Waals surface area contributed by atoms with E-state index in [4.69, 9.17) is 9.47 Å². The fraction of sp³-hybridized carbons (Fsp3) is 0.517. The number of piperidine rings is 1. The lowest BCUT2D eigenvalue weighted by Gasteiger charge is -2.50. The summed E-state index contributed by atoms with van der Waals surface area (Å²) in [6.07, 6.45) is 13.2. The van der Waals surface area contributed by atoms with Crippen molar-refractivity contribution < 1.29 is 24.2 Å². The van der Waals surface area contributed by atoms with E-state index in [2.05, 4.69) is 20.2 Å². The number of carboxylic acid groups (broad SMARTS) is 1. The fourth-order valence-electron chi connectivity index (χ4n) is 6.02. The molecule has 1 aromatic heterocycles. The molecule has 2 aromatic rings. The van der Waals surface area contributed by atoms with Crippen molar-refractivity contribution in [3.8, 4) is 11.5 Å². The molecule has 2 heterocycles. The number of aromatic nitrogens is 2. The minimum atomic E-state index is -0.673. The minimum Gasteiger partial charge on any atom is -0.490 e. The number of amides is 1. The van der Waals surface area contributed by atoms with Crippen LogP contribution in [0.25, 0.3) is 0 Å². The molecule has 38 heavy (non-hydrogen) atoms. The van der Waals surface area contributed by atoms with E-state index in [1.54, 1.807) is 18.5 Å². The van der Waals surface area contributed by atoms with Crippen molar-refractivity contribution in [3.05, 3.63) is 48.8 Å². The summed E-state index contributed by atoms with van der Waals surface area (Å²) < 4.78 is 12.0. The average Bonchev–Trinajstić information content (AvgIpc) is 2.94. The highest BCUT2D eigenvalue weighted by molar-refractivity contribution is 5.98. The van der Waals surface area contributed by atoms with E-state index < -0.39 is 11.4 Å². The van der Waals surface area contributed by atoms with E-state index in [-0.39, 0.29) is 17.4 Å². The number of benzene rings is 1. The molecule has 1 saturated heterocycles. The van der Waals surface area contributed by atoms with Crippen molar-refractivity contribution >= 4 is 23.5 Å². The minimum absolute atomic E-state index is 0.0153. The molecule has 1 amide bonds. The molecular formula is C29H36N4O5. The molecule has 3 aliphatic carbocycles. The first-order chi connectivity index (χ1) is 18.4. The SMILES string of the molecule is CCOc1ccccc1OC1CCCN(c2cncc(NC(=O)C=CC34CCC(C(=O)O)(CC3)CC4)n2)C1. The number of para-hydroxylation sites is 2. The summed E-state index contributed by atoms with van der Waals surface area (Å²) >= 11 is 0. The van der Waals surface area contributed by atoms with E-state index >= 15 is 0 Å². The van der Waals surface area contributed by atoms with E-state index in [1.165, 1.54) is 0 Å². The van der Waals surface area contributed by atoms with Crippen LogP contribution < -0.4 is 19.7 Å². The van der Waals surface area contributed by atoms with Crippen LogP contribution in [-0.4, -0.2) is 52.8 Å². The van der Waals surface area contributed by atoms with Crippen LogP contribution in [0.3, 0.4) is 0 Å². The van der Waals surface area contributed by atoms with Crippen LogP contribution in [0, 0.1) is 10.8 Å². The summed E-state index contributed by atoms with van der Waals surface area (Å²) in [5.41, 5.74) is -0.634. The Kier molecular flexibility index (Phi) is 7.53. The van der Waals surface area contributed by atoms with E-state index in [0.29, 0.717) is 44.0 Å². The quantitative estimate of drug-likeness (QED) is 0.452. The second kappa shape index (κ2) is 11.0. The lowest BCUT2D eigenvalue weighted by molar-refractivity contribution is -0.157. The summed E-state index contributed by atoms with van der Waals surface area (Å²) in [4.78, 5) is 35.5. The molecule has 0 radical (unpaired) electrons. The smallest absolute Gasteiger partial charge is 0.309 e. The van der Waals surface area contributed by atoms with Crippen molar-refractivity contribution in [2.75, 3.05) is 29.9 Å². The molecule has 9 heteroatoms. The van der Waals surface area contributed by atoms with Crippen LogP contribution in [-0.2, 0) is 9.59 Å². The zero-order valence-corrected chi connectivity index (χ0v) is 21.9. The van der Waals surface area contributed by atoms with Crippen LogP contribution in [0.4, 0.5) is 11.6 Å². The van der Waals surface area contributed by atoms with Crippen molar-refractivity contribution in [2.24, 2.45) is 10.8 Å². The molecule has 1 aromatic carbocycles. The van der Waals surface area contributed by atoms with Gasteiger partial charge in [0.15, 0.2) is 17.3 Å². The second-order valence-electron chi connectivity index (χ2n) is 10.7. The number of carbonyl (C=O) groups is 2. The number of nitrogens with one attached hydrogen (secondary N) is 1. The Morgan fingerprint density at radius 1 is 1.13 bits per heavy atom. The Labute approximate surface area is 223 Å². The molecule has 4 aliphatic rings. The number of nitrogens with zero attached hydrogens (tertiary/aromatic N) is 3. The largest absolute Gasteiger partial charge is 0.490 e. The Bertz CT molecular complexity index is 1170. The molecule has 6 rings (SSSR count). The van der Waals surface area contributed by atoms with Gasteiger partial charge in [0.25, 0.3) is 0 Å². The number of carboxylic acids is 1. The van der Waals surface area contributed by atoms with Crippen LogP contribution in [0.1, 0.15) is 58.3 Å². The van der Waals surface area contributed by atoms with Gasteiger partial charge in [-0.05, 0) is 81.9 Å². The molecule has 0 spiro atoms. The number of hydrogen-bond acceptors (Lipinski definition) is 7. The first kappa shape index (κ1) is 26.0. The van der Waals surface area contributed by atoms with Gasteiger partial charge in [0.1, 0.15) is 11.9 Å². The van der Waals surface area contributed by atoms with Gasteiger partial charge in [0.2, 0.25) is 5.91 Å². The highest BCUT2D eigenvalue weighted by atomic mass is 16.5. The lowest BCUT2D eigenvalue weighted by atomic mass is 9.54. The predicted molar refractivity (Wildman–Crippen MR) is 143 cm³/mol. The number of ether oxygens (including phenoxy) is 2. The zero-order chi connectivity index (χ0) is 26.6. The van der Waals surface area contributed by atoms with Gasteiger partial charge in [-0.25, -0.2) is 4.98 Å². The third kappa shape index (κ3) is 5.61. The monoisotopic (exact) mass is 520 g/mol. The van der Waals surface area contributed by atoms with Gasteiger partial charge in [-0.15, -0.1) is 0 Å². The van der Waals surface area contributed by atoms with Crippen molar-refractivity contribution in [3.63, 3.8) is 0 Å². The summed E-state index contributed by atoms with van der Waals surface area (Å²) in [6.45, 7) is 4.02. The van der Waals surface area contributed by atoms with Gasteiger partial charge >= 0.3 is 5.97 Å². The summed E-state index contributed by atoms with van der Waals surface area (Å²) in [5.74, 6) is 1.65. The molecule has 2 N–H and O–H groups in total. The number of carbonyl (C=O) groups excluding carboxylic acids is 1. The van der Waals surface area contributed by atoms with E-state index in [0.717, 1.165) is 50.1 Å². The molecule has 3 saturated carbocycles. The first-order valence-electron chi connectivity index (χ1n) is 13.6. The normalized spacial score (nSPS) is 26.8. The molecule has 2 bridgehead atoms. The summed E-state index contributed by atoms with van der Waals surface area (Å²) in [7, 11) is 0. The number of anilines is 2. The Morgan fingerprint density at radius 3 is 2.58 bits per heavy atom. The second-order valence-corrected chi connectivity index (χ2v) is 10.7. The average molecular weight is 521 g/mol. The molecule has 4 fully saturated rings. The number of rotatable bonds is 9. The zero-order valence-electron chi connectivity index (χ0n) is 21.9. The summed E-state index contributed by atoms with van der Waals surface area (Å²) in [5, 5.41) is 12.4. The summed E-state index contributed by atoms with van der Waals surface area (Å²) in [6, 6.07) is 7.71. The van der Waals surface area contributed by atoms with Gasteiger partial charge in [-0.1, -0.05) is 18.2 Å². The maximum absolute atomic E-state index is 12.7. The van der Waals surface area contributed by atoms with Gasteiger partial charge in [-0.3, -0.25) is 14.6 Å². The number of aliphatic carboxylic acids is 1. The highest BCUT2D eigenvalue weighted by Crippen LogP contribution is 2.57. The van der Waals surface area contributed by atoms with E-state index in [1.807, 2.05) is 37.3 Å². The first-order valence-corrected chi connectivity index (χ1v) is 13.6. The molecular weight excluding hydrogens is 484 g/mol. The Balaban J connectivity index is 1.18. The number of allylic oxidation sites excluding steroid dienone is 1. The Hall–Kier alpha value is -3.62. The topological polar surface area (TPSA) is 114 Å². The van der Waals surface area contributed by atoms with Crippen LogP contribution in [0.2, 0.25) is 0 Å². The van der Waals surface area contributed by atoms with Gasteiger partial charge in [0.05, 0.1) is 31.0 Å². The van der Waals surface area contributed by atoms with Gasteiger partial charge in [-0.2, -0.15) is 0 Å². The standard InChI is InChI=1S/C29H36N4O5/c1-2-37-22-7-3-4-8-23(22)38-21-6-5-17-33(20-21)25-19-30-18-24(31-25)32-26(34)9-10-28-11-14-29(15-12-28,16-13-28)27(35)36/h3-4,7-10,18-19,21H,2,5-6,11-17,20H2,1H3,(H,35,36)(H,31,32,34).